The molecule has 17 heavy (non-hydrogen) atoms. The van der Waals surface area contributed by atoms with Gasteiger partial charge < -0.3 is 10.6 Å². The summed E-state index contributed by atoms with van der Waals surface area (Å²) in [5, 5.41) is 6.51. The zero-order valence-electron chi connectivity index (χ0n) is 11.6. The number of carbonyl (C=O) groups is 1. The van der Waals surface area contributed by atoms with E-state index in [9.17, 15) is 4.79 Å². The lowest BCUT2D eigenvalue weighted by atomic mass is 9.89. The van der Waals surface area contributed by atoms with Crippen molar-refractivity contribution in [3.8, 4) is 0 Å². The lowest BCUT2D eigenvalue weighted by Gasteiger charge is -2.24. The Morgan fingerprint density at radius 1 is 1.47 bits per heavy atom. The van der Waals surface area contributed by atoms with Crippen LogP contribution in [0.1, 0.15) is 52.9 Å². The minimum atomic E-state index is 0.216. The third kappa shape index (κ3) is 4.66. The molecule has 2 N–H and O–H groups in total. The van der Waals surface area contributed by atoms with Crippen LogP contribution in [0.3, 0.4) is 0 Å². The fourth-order valence-corrected chi connectivity index (χ4v) is 2.44. The van der Waals surface area contributed by atoms with Gasteiger partial charge in [0.05, 0.1) is 0 Å². The molecule has 100 valence electrons. The maximum absolute atomic E-state index is 12.0. The topological polar surface area (TPSA) is 41.1 Å². The number of amides is 1. The van der Waals surface area contributed by atoms with E-state index in [0.717, 1.165) is 38.9 Å². The maximum atomic E-state index is 12.0. The Bertz CT molecular complexity index is 234. The largest absolute Gasteiger partial charge is 0.355 e. The Labute approximate surface area is 106 Å². The van der Waals surface area contributed by atoms with Gasteiger partial charge in [0, 0.05) is 19.0 Å². The number of carbonyl (C=O) groups excluding carboxylic acids is 1. The van der Waals surface area contributed by atoms with Gasteiger partial charge in [0.25, 0.3) is 0 Å². The molecule has 1 amide bonds. The molecule has 3 heteroatoms. The zero-order chi connectivity index (χ0) is 12.7. The predicted octanol–water partition coefficient (Wildman–Crippen LogP) is 2.32. The Kier molecular flexibility index (Phi) is 5.96. The van der Waals surface area contributed by atoms with Crippen molar-refractivity contribution in [1.29, 1.82) is 0 Å². The standard InChI is InChI=1S/C14H28N2O/c1-4-6-7-12(5-2)13(17)16-11-14(3)8-9-15-10-14/h12,15H,4-11H2,1-3H3,(H,16,17). The summed E-state index contributed by atoms with van der Waals surface area (Å²) in [6.07, 6.45) is 5.49. The lowest BCUT2D eigenvalue weighted by molar-refractivity contribution is -0.125. The molecule has 1 aliphatic heterocycles. The molecule has 2 unspecified atom stereocenters. The molecule has 0 saturated carbocycles. The molecule has 0 spiro atoms. The summed E-state index contributed by atoms with van der Waals surface area (Å²) in [6, 6.07) is 0. The first-order valence-corrected chi connectivity index (χ1v) is 7.09. The second kappa shape index (κ2) is 7.00. The maximum Gasteiger partial charge on any atom is 0.223 e. The van der Waals surface area contributed by atoms with Crippen LogP contribution in [0.2, 0.25) is 0 Å². The molecule has 1 aliphatic rings. The van der Waals surface area contributed by atoms with Gasteiger partial charge in [-0.15, -0.1) is 0 Å². The average Bonchev–Trinajstić information content (AvgIpc) is 2.75. The van der Waals surface area contributed by atoms with E-state index in [1.54, 1.807) is 0 Å². The molecule has 2 atom stereocenters. The van der Waals surface area contributed by atoms with Crippen LogP contribution >= 0.6 is 0 Å². The highest BCUT2D eigenvalue weighted by Crippen LogP contribution is 2.23. The van der Waals surface area contributed by atoms with Gasteiger partial charge in [-0.2, -0.15) is 0 Å². The van der Waals surface area contributed by atoms with Crippen molar-refractivity contribution >= 4 is 5.91 Å². The fourth-order valence-electron chi connectivity index (χ4n) is 2.44. The smallest absolute Gasteiger partial charge is 0.223 e. The van der Waals surface area contributed by atoms with Crippen LogP contribution in [-0.4, -0.2) is 25.5 Å². The van der Waals surface area contributed by atoms with Crippen molar-refractivity contribution in [2.45, 2.75) is 52.9 Å². The van der Waals surface area contributed by atoms with Gasteiger partial charge in [0.2, 0.25) is 5.91 Å². The summed E-state index contributed by atoms with van der Waals surface area (Å²) in [7, 11) is 0. The summed E-state index contributed by atoms with van der Waals surface area (Å²) < 4.78 is 0. The summed E-state index contributed by atoms with van der Waals surface area (Å²) in [5.74, 6) is 0.474. The second-order valence-electron chi connectivity index (χ2n) is 5.70. The quantitative estimate of drug-likeness (QED) is 0.717. The van der Waals surface area contributed by atoms with Gasteiger partial charge in [0.1, 0.15) is 0 Å². The number of rotatable bonds is 7. The Morgan fingerprint density at radius 3 is 2.76 bits per heavy atom. The van der Waals surface area contributed by atoms with Gasteiger partial charge in [-0.1, -0.05) is 33.6 Å². The highest BCUT2D eigenvalue weighted by atomic mass is 16.1. The lowest BCUT2D eigenvalue weighted by Crippen LogP contribution is -2.39. The van der Waals surface area contributed by atoms with Crippen LogP contribution in [-0.2, 0) is 4.79 Å². The van der Waals surface area contributed by atoms with E-state index in [1.807, 2.05) is 0 Å². The molecule has 0 aliphatic carbocycles. The van der Waals surface area contributed by atoms with Crippen molar-refractivity contribution < 1.29 is 4.79 Å². The molecule has 0 aromatic heterocycles. The van der Waals surface area contributed by atoms with Crippen molar-refractivity contribution in [3.63, 3.8) is 0 Å². The summed E-state index contributed by atoms with van der Waals surface area (Å²) >= 11 is 0. The van der Waals surface area contributed by atoms with Crippen LogP contribution in [0.25, 0.3) is 0 Å². The van der Waals surface area contributed by atoms with Crippen LogP contribution < -0.4 is 10.6 Å². The molecule has 3 nitrogen and oxygen atoms in total. The molecule has 1 rings (SSSR count). The van der Waals surface area contributed by atoms with E-state index < -0.39 is 0 Å². The second-order valence-corrected chi connectivity index (χ2v) is 5.70. The van der Waals surface area contributed by atoms with E-state index >= 15 is 0 Å². The zero-order valence-corrected chi connectivity index (χ0v) is 11.6. The number of nitrogens with one attached hydrogen (secondary N) is 2. The molecule has 0 aromatic rings. The van der Waals surface area contributed by atoms with Crippen LogP contribution in [0, 0.1) is 11.3 Å². The number of hydrogen-bond donors (Lipinski definition) is 2. The van der Waals surface area contributed by atoms with Crippen molar-refractivity contribution in [2.24, 2.45) is 11.3 Å². The van der Waals surface area contributed by atoms with Crippen LogP contribution in [0.15, 0.2) is 0 Å². The van der Waals surface area contributed by atoms with E-state index in [2.05, 4.69) is 31.4 Å². The van der Waals surface area contributed by atoms with Gasteiger partial charge >= 0.3 is 0 Å². The van der Waals surface area contributed by atoms with Gasteiger partial charge in [-0.25, -0.2) is 0 Å². The van der Waals surface area contributed by atoms with Gasteiger partial charge in [-0.3, -0.25) is 4.79 Å². The molecular weight excluding hydrogens is 212 g/mol. The SMILES string of the molecule is CCCCC(CC)C(=O)NCC1(C)CCNC1. The molecule has 0 bridgehead atoms. The van der Waals surface area contributed by atoms with E-state index in [1.165, 1.54) is 12.8 Å². The van der Waals surface area contributed by atoms with Crippen molar-refractivity contribution in [2.75, 3.05) is 19.6 Å². The molecule has 1 heterocycles. The molecular formula is C14H28N2O. The third-order valence-electron chi connectivity index (χ3n) is 3.92. The first-order chi connectivity index (χ1) is 8.11. The normalized spacial score (nSPS) is 25.8. The van der Waals surface area contributed by atoms with Crippen LogP contribution in [0.5, 0.6) is 0 Å². The highest BCUT2D eigenvalue weighted by Gasteiger charge is 2.29. The van der Waals surface area contributed by atoms with Crippen LogP contribution in [0.4, 0.5) is 0 Å². The monoisotopic (exact) mass is 240 g/mol. The van der Waals surface area contributed by atoms with E-state index in [0.29, 0.717) is 0 Å². The predicted molar refractivity (Wildman–Crippen MR) is 71.9 cm³/mol. The summed E-state index contributed by atoms with van der Waals surface area (Å²) in [4.78, 5) is 12.0. The number of unbranched alkanes of at least 4 members (excludes halogenated alkanes) is 1. The summed E-state index contributed by atoms with van der Waals surface area (Å²) in [6.45, 7) is 9.47. The Morgan fingerprint density at radius 2 is 2.24 bits per heavy atom. The Balaban J connectivity index is 2.31. The molecule has 1 fully saturated rings. The minimum absolute atomic E-state index is 0.216. The first kappa shape index (κ1) is 14.5. The van der Waals surface area contributed by atoms with Gasteiger partial charge in [-0.05, 0) is 31.2 Å². The van der Waals surface area contributed by atoms with Crippen molar-refractivity contribution in [3.05, 3.63) is 0 Å². The summed E-state index contributed by atoms with van der Waals surface area (Å²) in [5.41, 5.74) is 0.263. The van der Waals surface area contributed by atoms with Gasteiger partial charge in [0.15, 0.2) is 0 Å². The molecule has 0 aromatic carbocycles. The van der Waals surface area contributed by atoms with Crippen molar-refractivity contribution in [1.82, 2.24) is 10.6 Å². The third-order valence-corrected chi connectivity index (χ3v) is 3.92. The highest BCUT2D eigenvalue weighted by molar-refractivity contribution is 5.78. The van der Waals surface area contributed by atoms with E-state index in [4.69, 9.17) is 0 Å². The number of hydrogen-bond acceptors (Lipinski definition) is 2. The minimum Gasteiger partial charge on any atom is -0.355 e. The fraction of sp³-hybridized carbons (Fsp3) is 0.929. The first-order valence-electron chi connectivity index (χ1n) is 7.09. The molecule has 1 saturated heterocycles. The molecule has 0 radical (unpaired) electrons. The average molecular weight is 240 g/mol. The Hall–Kier alpha value is -0.570. The van der Waals surface area contributed by atoms with E-state index in [-0.39, 0.29) is 17.2 Å².